The maximum atomic E-state index is 12.9. The minimum Gasteiger partial charge on any atom is -0.489 e. The first-order valence-electron chi connectivity index (χ1n) is 5.35. The molecule has 86 valence electrons. The predicted octanol–water partition coefficient (Wildman–Crippen LogP) is 2.97. The Morgan fingerprint density at radius 3 is 2.41 bits per heavy atom. The van der Waals surface area contributed by atoms with Gasteiger partial charge in [0.1, 0.15) is 18.2 Å². The molecule has 2 rings (SSSR count). The van der Waals surface area contributed by atoms with E-state index in [1.807, 2.05) is 6.07 Å². The molecule has 0 spiro atoms. The van der Waals surface area contributed by atoms with Crippen LogP contribution in [0.4, 0.5) is 4.39 Å². The zero-order valence-electron chi connectivity index (χ0n) is 9.27. The Kier molecular flexibility index (Phi) is 3.73. The van der Waals surface area contributed by atoms with Gasteiger partial charge in [-0.25, -0.2) is 4.39 Å². The SMILES string of the molecule is [N]Cc1ccc(OCc2cccc(F)c2)cc1. The number of hydrogen-bond donors (Lipinski definition) is 0. The lowest BCUT2D eigenvalue weighted by molar-refractivity contribution is 0.305. The van der Waals surface area contributed by atoms with Crippen molar-refractivity contribution in [1.82, 2.24) is 5.73 Å². The first kappa shape index (κ1) is 11.6. The number of hydrogen-bond acceptors (Lipinski definition) is 1. The molecule has 0 aromatic heterocycles. The molecule has 0 saturated heterocycles. The Balaban J connectivity index is 1.97. The highest BCUT2D eigenvalue weighted by atomic mass is 19.1. The summed E-state index contributed by atoms with van der Waals surface area (Å²) in [7, 11) is 0. The topological polar surface area (TPSA) is 31.5 Å². The van der Waals surface area contributed by atoms with Crippen molar-refractivity contribution in [3.05, 3.63) is 65.5 Å². The molecule has 0 fully saturated rings. The smallest absolute Gasteiger partial charge is 0.123 e. The molecular weight excluding hydrogens is 217 g/mol. The van der Waals surface area contributed by atoms with Gasteiger partial charge in [0.15, 0.2) is 0 Å². The largest absolute Gasteiger partial charge is 0.489 e. The van der Waals surface area contributed by atoms with Crippen molar-refractivity contribution >= 4 is 0 Å². The minimum absolute atomic E-state index is 0.0180. The number of nitrogens with zero attached hydrogens (tertiary/aromatic N) is 1. The van der Waals surface area contributed by atoms with Crippen LogP contribution in [0.2, 0.25) is 0 Å². The summed E-state index contributed by atoms with van der Waals surface area (Å²) in [5.74, 6) is 0.438. The molecule has 0 aliphatic heterocycles. The van der Waals surface area contributed by atoms with E-state index in [4.69, 9.17) is 10.5 Å². The molecule has 0 unspecified atom stereocenters. The van der Waals surface area contributed by atoms with Gasteiger partial charge in [-0.3, -0.25) is 0 Å². The van der Waals surface area contributed by atoms with Crippen molar-refractivity contribution in [3.8, 4) is 5.75 Å². The highest BCUT2D eigenvalue weighted by Crippen LogP contribution is 2.14. The van der Waals surface area contributed by atoms with Gasteiger partial charge < -0.3 is 4.74 Å². The second kappa shape index (κ2) is 5.46. The van der Waals surface area contributed by atoms with Crippen LogP contribution in [0, 0.1) is 5.82 Å². The number of benzene rings is 2. The van der Waals surface area contributed by atoms with Crippen LogP contribution in [0.25, 0.3) is 0 Å². The summed E-state index contributed by atoms with van der Waals surface area (Å²) in [6, 6.07) is 13.5. The predicted molar refractivity (Wildman–Crippen MR) is 63.0 cm³/mol. The Bertz CT molecular complexity index is 482. The molecule has 17 heavy (non-hydrogen) atoms. The third-order valence-corrected chi connectivity index (χ3v) is 2.40. The highest BCUT2D eigenvalue weighted by molar-refractivity contribution is 5.27. The van der Waals surface area contributed by atoms with Crippen molar-refractivity contribution in [2.24, 2.45) is 0 Å². The maximum Gasteiger partial charge on any atom is 0.123 e. The molecule has 0 aliphatic rings. The van der Waals surface area contributed by atoms with Crippen molar-refractivity contribution in [2.75, 3.05) is 0 Å². The summed E-state index contributed by atoms with van der Waals surface area (Å²) >= 11 is 0. The standard InChI is InChI=1S/C14H12FNO/c15-13-3-1-2-12(8-13)10-17-14-6-4-11(9-16)5-7-14/h1-8H,9-10H2. The Labute approximate surface area is 99.8 Å². The molecule has 0 N–H and O–H groups in total. The van der Waals surface area contributed by atoms with Gasteiger partial charge in [0.25, 0.3) is 0 Å². The second-order valence-electron chi connectivity index (χ2n) is 3.72. The van der Waals surface area contributed by atoms with Crippen LogP contribution in [-0.2, 0) is 13.2 Å². The van der Waals surface area contributed by atoms with Gasteiger partial charge in [0.2, 0.25) is 0 Å². The molecule has 2 aromatic carbocycles. The summed E-state index contributed by atoms with van der Waals surface area (Å²) in [6.45, 7) is 0.348. The lowest BCUT2D eigenvalue weighted by atomic mass is 10.2. The Morgan fingerprint density at radius 1 is 1.00 bits per heavy atom. The lowest BCUT2D eigenvalue weighted by Crippen LogP contribution is -1.96. The average Bonchev–Trinajstić information content (AvgIpc) is 2.37. The zero-order chi connectivity index (χ0) is 12.1. The Hall–Kier alpha value is -1.87. The summed E-state index contributed by atoms with van der Waals surface area (Å²) in [5.41, 5.74) is 10.5. The van der Waals surface area contributed by atoms with E-state index in [0.717, 1.165) is 11.1 Å². The summed E-state index contributed by atoms with van der Waals surface area (Å²) in [5, 5.41) is 0. The average molecular weight is 229 g/mol. The molecule has 0 aliphatic carbocycles. The summed E-state index contributed by atoms with van der Waals surface area (Å²) in [6.07, 6.45) is 0. The normalized spacial score (nSPS) is 10.2. The van der Waals surface area contributed by atoms with E-state index in [0.29, 0.717) is 12.4 Å². The molecule has 0 amide bonds. The zero-order valence-corrected chi connectivity index (χ0v) is 9.27. The first-order chi connectivity index (χ1) is 8.28. The first-order valence-corrected chi connectivity index (χ1v) is 5.35. The van der Waals surface area contributed by atoms with Gasteiger partial charge in [-0.05, 0) is 35.4 Å². The fraction of sp³-hybridized carbons (Fsp3) is 0.143. The van der Waals surface area contributed by atoms with Crippen LogP contribution < -0.4 is 10.5 Å². The quantitative estimate of drug-likeness (QED) is 0.793. The number of halogens is 1. The van der Waals surface area contributed by atoms with Gasteiger partial charge in [-0.15, -0.1) is 5.73 Å². The van der Waals surface area contributed by atoms with E-state index in [2.05, 4.69) is 0 Å². The molecule has 0 saturated carbocycles. The number of rotatable bonds is 4. The maximum absolute atomic E-state index is 12.9. The van der Waals surface area contributed by atoms with E-state index in [-0.39, 0.29) is 12.4 Å². The van der Waals surface area contributed by atoms with E-state index in [1.165, 1.54) is 12.1 Å². The summed E-state index contributed by atoms with van der Waals surface area (Å²) in [4.78, 5) is 0. The minimum atomic E-state index is -0.262. The van der Waals surface area contributed by atoms with Gasteiger partial charge in [0.05, 0.1) is 6.54 Å². The van der Waals surface area contributed by atoms with E-state index in [9.17, 15) is 4.39 Å². The van der Waals surface area contributed by atoms with Crippen LogP contribution in [0.5, 0.6) is 5.75 Å². The molecule has 2 nitrogen and oxygen atoms in total. The third-order valence-electron chi connectivity index (χ3n) is 2.40. The molecule has 0 bridgehead atoms. The Morgan fingerprint density at radius 2 is 1.76 bits per heavy atom. The third kappa shape index (κ3) is 3.29. The fourth-order valence-electron chi connectivity index (χ4n) is 1.48. The van der Waals surface area contributed by atoms with Crippen LogP contribution >= 0.6 is 0 Å². The molecule has 3 heteroatoms. The van der Waals surface area contributed by atoms with Crippen LogP contribution in [-0.4, -0.2) is 0 Å². The van der Waals surface area contributed by atoms with Gasteiger partial charge in [-0.2, -0.15) is 0 Å². The van der Waals surface area contributed by atoms with Gasteiger partial charge in [0, 0.05) is 0 Å². The van der Waals surface area contributed by atoms with E-state index < -0.39 is 0 Å². The van der Waals surface area contributed by atoms with Gasteiger partial charge >= 0.3 is 0 Å². The van der Waals surface area contributed by atoms with Crippen LogP contribution in [0.1, 0.15) is 11.1 Å². The van der Waals surface area contributed by atoms with Crippen LogP contribution in [0.15, 0.2) is 48.5 Å². The van der Waals surface area contributed by atoms with Crippen molar-refractivity contribution in [2.45, 2.75) is 13.2 Å². The van der Waals surface area contributed by atoms with Crippen molar-refractivity contribution in [3.63, 3.8) is 0 Å². The van der Waals surface area contributed by atoms with Crippen molar-refractivity contribution < 1.29 is 9.13 Å². The van der Waals surface area contributed by atoms with Crippen molar-refractivity contribution in [1.29, 1.82) is 0 Å². The van der Waals surface area contributed by atoms with E-state index >= 15 is 0 Å². The second-order valence-corrected chi connectivity index (χ2v) is 3.72. The monoisotopic (exact) mass is 229 g/mol. The summed E-state index contributed by atoms with van der Waals surface area (Å²) < 4.78 is 18.4. The molecule has 2 radical (unpaired) electrons. The van der Waals surface area contributed by atoms with E-state index in [1.54, 1.807) is 30.3 Å². The van der Waals surface area contributed by atoms with Crippen LogP contribution in [0.3, 0.4) is 0 Å². The molecule has 0 atom stereocenters. The highest BCUT2D eigenvalue weighted by Gasteiger charge is 1.98. The molecule has 0 heterocycles. The molecular formula is C14H12FNO. The fourth-order valence-corrected chi connectivity index (χ4v) is 1.48. The van der Waals surface area contributed by atoms with Gasteiger partial charge in [-0.1, -0.05) is 24.3 Å². The molecule has 2 aromatic rings. The number of ether oxygens (including phenoxy) is 1. The lowest BCUT2D eigenvalue weighted by Gasteiger charge is -2.06.